The second-order valence-electron chi connectivity index (χ2n) is 5.34. The predicted octanol–water partition coefficient (Wildman–Crippen LogP) is 0.841. The van der Waals surface area contributed by atoms with E-state index < -0.39 is 0 Å². The highest BCUT2D eigenvalue weighted by molar-refractivity contribution is 5.12. The lowest BCUT2D eigenvalue weighted by Gasteiger charge is -2.16. The molecule has 88 valence electrons. The number of nitrogens with zero attached hydrogens (tertiary/aromatic N) is 2. The van der Waals surface area contributed by atoms with E-state index >= 15 is 0 Å². The predicted molar refractivity (Wildman–Crippen MR) is 62.3 cm³/mol. The first-order chi connectivity index (χ1) is 7.79. The Labute approximate surface area is 96.2 Å². The first-order valence-electron chi connectivity index (χ1n) is 6.23. The van der Waals surface area contributed by atoms with Gasteiger partial charge in [-0.2, -0.15) is 5.10 Å². The van der Waals surface area contributed by atoms with E-state index in [-0.39, 0.29) is 0 Å². The summed E-state index contributed by atoms with van der Waals surface area (Å²) >= 11 is 0. The van der Waals surface area contributed by atoms with Crippen LogP contribution in [-0.4, -0.2) is 15.8 Å². The van der Waals surface area contributed by atoms with Crippen LogP contribution in [0.3, 0.4) is 0 Å². The fraction of sp³-hybridized carbons (Fsp3) is 0.750. The average Bonchev–Trinajstić information content (AvgIpc) is 2.70. The van der Waals surface area contributed by atoms with Crippen molar-refractivity contribution in [3.63, 3.8) is 0 Å². The van der Waals surface area contributed by atoms with Gasteiger partial charge in [0.1, 0.15) is 0 Å². The van der Waals surface area contributed by atoms with Gasteiger partial charge in [0.05, 0.1) is 6.20 Å². The van der Waals surface area contributed by atoms with Crippen LogP contribution in [0.4, 0.5) is 0 Å². The Morgan fingerprint density at radius 2 is 2.31 bits per heavy atom. The summed E-state index contributed by atoms with van der Waals surface area (Å²) in [6.45, 7) is 0. The average molecular weight is 220 g/mol. The summed E-state index contributed by atoms with van der Waals surface area (Å²) < 4.78 is 1.86. The maximum absolute atomic E-state index is 5.69. The van der Waals surface area contributed by atoms with E-state index in [4.69, 9.17) is 5.84 Å². The molecule has 0 aromatic carbocycles. The number of aromatic nitrogens is 2. The van der Waals surface area contributed by atoms with Gasteiger partial charge in [-0.3, -0.25) is 16.0 Å². The van der Waals surface area contributed by atoms with Gasteiger partial charge in [-0.05, 0) is 42.6 Å². The number of aryl methyl sites for hydroxylation is 1. The van der Waals surface area contributed by atoms with Crippen LogP contribution in [0.1, 0.15) is 24.8 Å². The molecule has 3 atom stereocenters. The van der Waals surface area contributed by atoms with Crippen molar-refractivity contribution in [3.05, 3.63) is 18.0 Å². The van der Waals surface area contributed by atoms with Crippen molar-refractivity contribution < 1.29 is 0 Å². The van der Waals surface area contributed by atoms with Crippen LogP contribution in [0.5, 0.6) is 0 Å². The first kappa shape index (κ1) is 10.3. The zero-order chi connectivity index (χ0) is 11.1. The van der Waals surface area contributed by atoms with E-state index in [0.717, 1.165) is 24.2 Å². The molecule has 2 aliphatic carbocycles. The van der Waals surface area contributed by atoms with Gasteiger partial charge >= 0.3 is 0 Å². The van der Waals surface area contributed by atoms with Crippen LogP contribution in [0.2, 0.25) is 0 Å². The minimum Gasteiger partial charge on any atom is -0.276 e. The van der Waals surface area contributed by atoms with Crippen LogP contribution < -0.4 is 11.3 Å². The molecule has 3 rings (SSSR count). The van der Waals surface area contributed by atoms with E-state index in [1.165, 1.54) is 24.8 Å². The summed E-state index contributed by atoms with van der Waals surface area (Å²) in [6.07, 6.45) is 9.31. The lowest BCUT2D eigenvalue weighted by atomic mass is 9.99. The Morgan fingerprint density at radius 1 is 1.56 bits per heavy atom. The van der Waals surface area contributed by atoms with Gasteiger partial charge in [-0.25, -0.2) is 0 Å². The van der Waals surface area contributed by atoms with Gasteiger partial charge in [-0.1, -0.05) is 6.42 Å². The van der Waals surface area contributed by atoms with Crippen molar-refractivity contribution in [2.24, 2.45) is 30.6 Å². The lowest BCUT2D eigenvalue weighted by molar-refractivity contribution is 0.410. The van der Waals surface area contributed by atoms with Crippen molar-refractivity contribution in [3.8, 4) is 0 Å². The van der Waals surface area contributed by atoms with Gasteiger partial charge in [0, 0.05) is 19.3 Å². The summed E-state index contributed by atoms with van der Waals surface area (Å²) in [5.74, 6) is 8.43. The Kier molecular flexibility index (Phi) is 2.48. The Balaban J connectivity index is 1.64. The highest BCUT2D eigenvalue weighted by atomic mass is 15.3. The maximum Gasteiger partial charge on any atom is 0.0522 e. The van der Waals surface area contributed by atoms with Gasteiger partial charge < -0.3 is 0 Å². The number of fused-ring (bicyclic) bond motifs is 1. The number of hydrogen-bond acceptors (Lipinski definition) is 3. The number of rotatable bonds is 4. The number of hydrogen-bond donors (Lipinski definition) is 2. The number of hydrazine groups is 1. The fourth-order valence-electron chi connectivity index (χ4n) is 3.61. The minimum absolute atomic E-state index is 0.444. The van der Waals surface area contributed by atoms with Crippen molar-refractivity contribution in [2.75, 3.05) is 0 Å². The molecule has 0 radical (unpaired) electrons. The number of nitrogens with two attached hydrogens (primary N) is 1. The SMILES string of the molecule is Cn1cc(CC(NN)C2C3CCCC32)cn1. The Hall–Kier alpha value is -0.870. The molecule has 16 heavy (non-hydrogen) atoms. The van der Waals surface area contributed by atoms with Crippen molar-refractivity contribution in [1.82, 2.24) is 15.2 Å². The van der Waals surface area contributed by atoms with Gasteiger partial charge in [0.2, 0.25) is 0 Å². The molecule has 0 aliphatic heterocycles. The molecular weight excluding hydrogens is 200 g/mol. The second-order valence-corrected chi connectivity index (χ2v) is 5.34. The number of nitrogens with one attached hydrogen (secondary N) is 1. The van der Waals surface area contributed by atoms with Crippen molar-refractivity contribution >= 4 is 0 Å². The maximum atomic E-state index is 5.69. The van der Waals surface area contributed by atoms with Gasteiger partial charge in [-0.15, -0.1) is 0 Å². The highest BCUT2D eigenvalue weighted by Gasteiger charge is 2.55. The van der Waals surface area contributed by atoms with E-state index in [1.807, 2.05) is 17.9 Å². The fourth-order valence-corrected chi connectivity index (χ4v) is 3.61. The van der Waals surface area contributed by atoms with E-state index in [0.29, 0.717) is 6.04 Å². The zero-order valence-corrected chi connectivity index (χ0v) is 9.76. The molecule has 1 aromatic heterocycles. The van der Waals surface area contributed by atoms with Gasteiger partial charge in [0.25, 0.3) is 0 Å². The summed E-state index contributed by atoms with van der Waals surface area (Å²) in [5, 5.41) is 4.20. The van der Waals surface area contributed by atoms with Crippen LogP contribution in [-0.2, 0) is 13.5 Å². The van der Waals surface area contributed by atoms with E-state index in [1.54, 1.807) is 0 Å². The van der Waals surface area contributed by atoms with Gasteiger partial charge in [0.15, 0.2) is 0 Å². The smallest absolute Gasteiger partial charge is 0.0522 e. The third kappa shape index (κ3) is 1.66. The van der Waals surface area contributed by atoms with Crippen LogP contribution >= 0.6 is 0 Å². The van der Waals surface area contributed by atoms with Crippen molar-refractivity contribution in [1.29, 1.82) is 0 Å². The quantitative estimate of drug-likeness (QED) is 0.584. The van der Waals surface area contributed by atoms with Crippen LogP contribution in [0.25, 0.3) is 0 Å². The molecule has 2 fully saturated rings. The summed E-state index contributed by atoms with van der Waals surface area (Å²) in [4.78, 5) is 0. The summed E-state index contributed by atoms with van der Waals surface area (Å²) in [6, 6.07) is 0.444. The molecule has 2 aliphatic rings. The normalized spacial score (nSPS) is 33.8. The first-order valence-corrected chi connectivity index (χ1v) is 6.23. The lowest BCUT2D eigenvalue weighted by Crippen LogP contribution is -2.39. The molecule has 0 bridgehead atoms. The molecule has 0 spiro atoms. The summed E-state index contributed by atoms with van der Waals surface area (Å²) in [7, 11) is 1.96. The van der Waals surface area contributed by atoms with E-state index in [2.05, 4.69) is 16.7 Å². The second kappa shape index (κ2) is 3.86. The highest BCUT2D eigenvalue weighted by Crippen LogP contribution is 2.59. The molecule has 3 N–H and O–H groups in total. The van der Waals surface area contributed by atoms with Crippen molar-refractivity contribution in [2.45, 2.75) is 31.7 Å². The molecule has 2 saturated carbocycles. The molecule has 3 unspecified atom stereocenters. The molecule has 0 saturated heterocycles. The zero-order valence-electron chi connectivity index (χ0n) is 9.76. The van der Waals surface area contributed by atoms with Crippen LogP contribution in [0.15, 0.2) is 12.4 Å². The molecular formula is C12H20N4. The Morgan fingerprint density at radius 3 is 2.88 bits per heavy atom. The molecule has 4 nitrogen and oxygen atoms in total. The summed E-state index contributed by atoms with van der Waals surface area (Å²) in [5.41, 5.74) is 4.30. The Bertz CT molecular complexity index is 363. The largest absolute Gasteiger partial charge is 0.276 e. The topological polar surface area (TPSA) is 55.9 Å². The van der Waals surface area contributed by atoms with Crippen LogP contribution in [0, 0.1) is 17.8 Å². The molecule has 4 heteroatoms. The third-order valence-corrected chi connectivity index (χ3v) is 4.37. The molecule has 0 amide bonds. The molecule has 1 aromatic rings. The standard InChI is InChI=1S/C12H20N4/c1-16-7-8(6-14-16)5-11(15-13)12-9-3-2-4-10(9)12/h6-7,9-12,15H,2-5,13H2,1H3. The monoisotopic (exact) mass is 220 g/mol. The van der Waals surface area contributed by atoms with E-state index in [9.17, 15) is 0 Å². The third-order valence-electron chi connectivity index (χ3n) is 4.37. The minimum atomic E-state index is 0.444. The molecule has 1 heterocycles.